The Labute approximate surface area is 167 Å². The zero-order valence-corrected chi connectivity index (χ0v) is 16.7. The molecule has 2 aliphatic heterocycles. The van der Waals surface area contributed by atoms with E-state index in [9.17, 15) is 26.4 Å². The van der Waals surface area contributed by atoms with Crippen LogP contribution in [0.3, 0.4) is 0 Å². The van der Waals surface area contributed by atoms with Crippen LogP contribution >= 0.6 is 0 Å². The standard InChI is InChI=1S/C19H24F3N3O3S/c20-15-8-17(22)16(21)6-12(15)5-13(23)7-19(26)25-4-3-11-9-24(10-18(11)25)29(27,28)14-1-2-14/h6,8,11,13-14,18H,1-5,7,9-10,23H2/t11-,13?,18+/m0/s1. The number of hydrogen-bond acceptors (Lipinski definition) is 4. The van der Waals surface area contributed by atoms with Gasteiger partial charge in [-0.25, -0.2) is 21.6 Å². The van der Waals surface area contributed by atoms with Gasteiger partial charge < -0.3 is 10.6 Å². The molecule has 1 saturated carbocycles. The van der Waals surface area contributed by atoms with Crippen molar-refractivity contribution in [3.05, 3.63) is 35.1 Å². The summed E-state index contributed by atoms with van der Waals surface area (Å²) in [5.41, 5.74) is 5.90. The minimum Gasteiger partial charge on any atom is -0.338 e. The van der Waals surface area contributed by atoms with Gasteiger partial charge in [0.15, 0.2) is 11.6 Å². The van der Waals surface area contributed by atoms with Crippen LogP contribution in [0.5, 0.6) is 0 Å². The molecule has 2 N–H and O–H groups in total. The molecule has 4 rings (SSSR count). The summed E-state index contributed by atoms with van der Waals surface area (Å²) in [5, 5.41) is -0.273. The van der Waals surface area contributed by atoms with Crippen LogP contribution in [-0.4, -0.2) is 60.5 Å². The number of nitrogens with two attached hydrogens (primary N) is 1. The van der Waals surface area contributed by atoms with Crippen molar-refractivity contribution in [1.82, 2.24) is 9.21 Å². The summed E-state index contributed by atoms with van der Waals surface area (Å²) in [6, 6.07) is 0.313. The minimum absolute atomic E-state index is 0.0724. The highest BCUT2D eigenvalue weighted by molar-refractivity contribution is 7.90. The predicted octanol–water partition coefficient (Wildman–Crippen LogP) is 1.39. The summed E-state index contributed by atoms with van der Waals surface area (Å²) in [6.45, 7) is 1.29. The Morgan fingerprint density at radius 2 is 1.79 bits per heavy atom. The topological polar surface area (TPSA) is 83.7 Å². The monoisotopic (exact) mass is 431 g/mol. The molecule has 1 aromatic carbocycles. The fourth-order valence-corrected chi connectivity index (χ4v) is 6.35. The van der Waals surface area contributed by atoms with Gasteiger partial charge in [0.1, 0.15) is 5.82 Å². The highest BCUT2D eigenvalue weighted by atomic mass is 32.2. The molecule has 1 aliphatic carbocycles. The van der Waals surface area contributed by atoms with Crippen LogP contribution in [0.15, 0.2) is 12.1 Å². The Kier molecular flexibility index (Phi) is 5.37. The number of halogens is 3. The lowest BCUT2D eigenvalue weighted by Crippen LogP contribution is -2.43. The summed E-state index contributed by atoms with van der Waals surface area (Å²) in [7, 11) is -3.27. The second-order valence-electron chi connectivity index (χ2n) is 8.29. The first-order valence-corrected chi connectivity index (χ1v) is 11.3. The van der Waals surface area contributed by atoms with E-state index in [2.05, 4.69) is 0 Å². The smallest absolute Gasteiger partial charge is 0.224 e. The molecular weight excluding hydrogens is 407 g/mol. The van der Waals surface area contributed by atoms with Crippen molar-refractivity contribution < 1.29 is 26.4 Å². The van der Waals surface area contributed by atoms with Crippen LogP contribution in [0, 0.1) is 23.4 Å². The van der Waals surface area contributed by atoms with Crippen LogP contribution < -0.4 is 5.73 Å². The van der Waals surface area contributed by atoms with Gasteiger partial charge in [-0.2, -0.15) is 4.31 Å². The second kappa shape index (κ2) is 7.55. The molecule has 29 heavy (non-hydrogen) atoms. The first-order valence-electron chi connectivity index (χ1n) is 9.84. The van der Waals surface area contributed by atoms with E-state index >= 15 is 0 Å². The lowest BCUT2D eigenvalue weighted by Gasteiger charge is -2.26. The maximum absolute atomic E-state index is 13.8. The minimum atomic E-state index is -3.27. The quantitative estimate of drug-likeness (QED) is 0.690. The molecule has 1 aromatic rings. The summed E-state index contributed by atoms with van der Waals surface area (Å²) >= 11 is 0. The molecule has 0 bridgehead atoms. The Morgan fingerprint density at radius 1 is 1.10 bits per heavy atom. The first kappa shape index (κ1) is 20.6. The van der Waals surface area contributed by atoms with Gasteiger partial charge in [-0.05, 0) is 43.2 Å². The Bertz CT molecular complexity index is 923. The largest absolute Gasteiger partial charge is 0.338 e. The van der Waals surface area contributed by atoms with Gasteiger partial charge in [-0.3, -0.25) is 4.79 Å². The first-order chi connectivity index (χ1) is 13.7. The summed E-state index contributed by atoms with van der Waals surface area (Å²) < 4.78 is 66.7. The average Bonchev–Trinajstić information content (AvgIpc) is 3.30. The number of benzene rings is 1. The molecule has 3 fully saturated rings. The maximum Gasteiger partial charge on any atom is 0.224 e. The predicted molar refractivity (Wildman–Crippen MR) is 99.7 cm³/mol. The van der Waals surface area contributed by atoms with Crippen molar-refractivity contribution in [3.8, 4) is 0 Å². The lowest BCUT2D eigenvalue weighted by atomic mass is 10.0. The normalized spacial score (nSPS) is 26.0. The summed E-state index contributed by atoms with van der Waals surface area (Å²) in [4.78, 5) is 14.4. The third-order valence-corrected chi connectivity index (χ3v) is 8.48. The molecule has 3 atom stereocenters. The van der Waals surface area contributed by atoms with E-state index in [0.29, 0.717) is 38.5 Å². The number of carbonyl (C=O) groups excluding carboxylic acids is 1. The van der Waals surface area contributed by atoms with E-state index in [1.807, 2.05) is 0 Å². The Morgan fingerprint density at radius 3 is 2.48 bits per heavy atom. The third kappa shape index (κ3) is 4.02. The number of fused-ring (bicyclic) bond motifs is 1. The Balaban J connectivity index is 1.37. The van der Waals surface area contributed by atoms with Gasteiger partial charge >= 0.3 is 0 Å². The van der Waals surface area contributed by atoms with E-state index < -0.39 is 33.5 Å². The number of carbonyl (C=O) groups is 1. The highest BCUT2D eigenvalue weighted by Gasteiger charge is 2.50. The highest BCUT2D eigenvalue weighted by Crippen LogP contribution is 2.38. The van der Waals surface area contributed by atoms with Crippen LogP contribution in [0.1, 0.15) is 31.2 Å². The van der Waals surface area contributed by atoms with Gasteiger partial charge in [-0.1, -0.05) is 0 Å². The number of sulfonamides is 1. The molecule has 2 heterocycles. The zero-order valence-electron chi connectivity index (χ0n) is 15.9. The molecular formula is C19H24F3N3O3S. The molecule has 10 heteroatoms. The molecule has 160 valence electrons. The van der Waals surface area contributed by atoms with Crippen molar-refractivity contribution in [2.45, 2.75) is 49.4 Å². The Hall–Kier alpha value is -1.65. The SMILES string of the molecule is NC(CC(=O)N1CC[C@H]2CN(S(=O)(=O)C3CC3)C[C@H]21)Cc1cc(F)c(F)cc1F. The number of nitrogens with zero attached hydrogens (tertiary/aromatic N) is 2. The molecule has 0 aromatic heterocycles. The lowest BCUT2D eigenvalue weighted by molar-refractivity contribution is -0.132. The summed E-state index contributed by atoms with van der Waals surface area (Å²) in [6.07, 6.45) is 1.97. The van der Waals surface area contributed by atoms with E-state index in [4.69, 9.17) is 5.73 Å². The van der Waals surface area contributed by atoms with Crippen molar-refractivity contribution in [2.75, 3.05) is 19.6 Å². The van der Waals surface area contributed by atoms with E-state index in [1.54, 1.807) is 4.90 Å². The molecule has 2 saturated heterocycles. The van der Waals surface area contributed by atoms with Crippen molar-refractivity contribution in [3.63, 3.8) is 0 Å². The summed E-state index contributed by atoms with van der Waals surface area (Å²) in [5.74, 6) is -3.44. The number of amides is 1. The van der Waals surface area contributed by atoms with Gasteiger partial charge in [0.05, 0.1) is 5.25 Å². The fourth-order valence-electron chi connectivity index (χ4n) is 4.43. The molecule has 3 aliphatic rings. The van der Waals surface area contributed by atoms with Crippen LogP contribution in [-0.2, 0) is 21.2 Å². The number of hydrogen-bond donors (Lipinski definition) is 1. The maximum atomic E-state index is 13.8. The van der Waals surface area contributed by atoms with Gasteiger partial charge in [-0.15, -0.1) is 0 Å². The average molecular weight is 431 g/mol. The van der Waals surface area contributed by atoms with Gasteiger partial charge in [0, 0.05) is 44.2 Å². The molecule has 0 spiro atoms. The molecule has 0 radical (unpaired) electrons. The van der Waals surface area contributed by atoms with Crippen molar-refractivity contribution >= 4 is 15.9 Å². The third-order valence-electron chi connectivity index (χ3n) is 6.15. The van der Waals surface area contributed by atoms with Crippen LogP contribution in [0.25, 0.3) is 0 Å². The molecule has 1 amide bonds. The zero-order chi connectivity index (χ0) is 20.9. The van der Waals surface area contributed by atoms with Crippen LogP contribution in [0.4, 0.5) is 13.2 Å². The van der Waals surface area contributed by atoms with Crippen molar-refractivity contribution in [1.29, 1.82) is 0 Å². The van der Waals surface area contributed by atoms with Gasteiger partial charge in [0.2, 0.25) is 15.9 Å². The molecule has 1 unspecified atom stereocenters. The van der Waals surface area contributed by atoms with Crippen LogP contribution in [0.2, 0.25) is 0 Å². The number of likely N-dealkylation sites (tertiary alicyclic amines) is 1. The number of rotatable bonds is 6. The fraction of sp³-hybridized carbons (Fsp3) is 0.632. The van der Waals surface area contributed by atoms with Crippen molar-refractivity contribution in [2.24, 2.45) is 11.7 Å². The molecule has 6 nitrogen and oxygen atoms in total. The van der Waals surface area contributed by atoms with E-state index in [-0.39, 0.29) is 41.5 Å². The van der Waals surface area contributed by atoms with Gasteiger partial charge in [0.25, 0.3) is 0 Å². The van der Waals surface area contributed by atoms with E-state index in [0.717, 1.165) is 12.5 Å². The van der Waals surface area contributed by atoms with E-state index in [1.165, 1.54) is 4.31 Å². The second-order valence-corrected chi connectivity index (χ2v) is 10.5.